The minimum atomic E-state index is -0.516. The largest absolute Gasteiger partial charge is 0.457 e. The number of rotatable bonds is 10. The Bertz CT molecular complexity index is 1300. The molecule has 4 aliphatic rings. The summed E-state index contributed by atoms with van der Waals surface area (Å²) >= 11 is 0. The standard InChI is InChI=1S/C36H48FNO6/c1-23(21-37)25-10-12-27(13-11-25)35(40)38-16-15-30(26-6-3-2-4-7-26)34(38)31(39)19-24-9-14-32-28(18-24)20-33(44-32)36(41)43-22-29-8-5-17-42-29/h9,14,18,20,23,25-27,29-30,34H,2-8,10-13,15-17,19,21-22H2,1H3/t23-,25?,27?,29+,30+,34+/m1/s1. The predicted molar refractivity (Wildman–Crippen MR) is 165 cm³/mol. The lowest BCUT2D eigenvalue weighted by molar-refractivity contribution is -0.143. The zero-order valence-corrected chi connectivity index (χ0v) is 26.1. The minimum Gasteiger partial charge on any atom is -0.457 e. The molecule has 2 aromatic rings. The van der Waals surface area contributed by atoms with Gasteiger partial charge in [-0.3, -0.25) is 14.0 Å². The van der Waals surface area contributed by atoms with Crippen molar-refractivity contribution < 1.29 is 32.7 Å². The van der Waals surface area contributed by atoms with Crippen LogP contribution in [0, 0.1) is 29.6 Å². The molecule has 240 valence electrons. The van der Waals surface area contributed by atoms with Crippen molar-refractivity contribution in [2.24, 2.45) is 29.6 Å². The molecule has 0 N–H and O–H groups in total. The number of benzene rings is 1. The zero-order valence-electron chi connectivity index (χ0n) is 26.1. The fourth-order valence-electron chi connectivity index (χ4n) is 8.45. The highest BCUT2D eigenvalue weighted by Crippen LogP contribution is 2.42. The minimum absolute atomic E-state index is 0.0451. The van der Waals surface area contributed by atoms with Gasteiger partial charge in [0.2, 0.25) is 11.7 Å². The molecule has 0 spiro atoms. The van der Waals surface area contributed by atoms with Crippen LogP contribution in [0.1, 0.15) is 100 Å². The lowest BCUT2D eigenvalue weighted by Crippen LogP contribution is -2.48. The Morgan fingerprint density at radius 1 is 0.977 bits per heavy atom. The Hall–Kier alpha value is -2.74. The number of halogens is 1. The third-order valence-corrected chi connectivity index (χ3v) is 11.1. The molecule has 7 nitrogen and oxygen atoms in total. The molecule has 1 aromatic carbocycles. The van der Waals surface area contributed by atoms with Crippen molar-refractivity contribution in [3.05, 3.63) is 35.6 Å². The smallest absolute Gasteiger partial charge is 0.374 e. The number of hydrogen-bond acceptors (Lipinski definition) is 6. The molecule has 44 heavy (non-hydrogen) atoms. The van der Waals surface area contributed by atoms with Crippen LogP contribution in [0.4, 0.5) is 4.39 Å². The van der Waals surface area contributed by atoms with Crippen molar-refractivity contribution in [3.63, 3.8) is 0 Å². The van der Waals surface area contributed by atoms with Crippen LogP contribution in [0.5, 0.6) is 0 Å². The molecule has 0 radical (unpaired) electrons. The first-order valence-corrected chi connectivity index (χ1v) is 17.1. The van der Waals surface area contributed by atoms with Gasteiger partial charge in [0.05, 0.1) is 18.8 Å². The van der Waals surface area contributed by atoms with Crippen molar-refractivity contribution >= 4 is 28.6 Å². The number of nitrogens with zero attached hydrogens (tertiary/aromatic N) is 1. The van der Waals surface area contributed by atoms with Gasteiger partial charge < -0.3 is 18.8 Å². The van der Waals surface area contributed by atoms with Gasteiger partial charge in [0.25, 0.3) is 0 Å². The average molecular weight is 610 g/mol. The van der Waals surface area contributed by atoms with E-state index in [-0.39, 0.29) is 61.0 Å². The molecular formula is C36H48FNO6. The van der Waals surface area contributed by atoms with Crippen molar-refractivity contribution in [1.29, 1.82) is 0 Å². The maximum Gasteiger partial charge on any atom is 0.374 e. The number of furan rings is 1. The van der Waals surface area contributed by atoms with E-state index in [1.807, 2.05) is 30.0 Å². The molecule has 1 amide bonds. The van der Waals surface area contributed by atoms with Crippen LogP contribution in [0.2, 0.25) is 0 Å². The highest BCUT2D eigenvalue weighted by Gasteiger charge is 2.46. The average Bonchev–Trinajstić information content (AvgIpc) is 3.83. The maximum absolute atomic E-state index is 14.2. The summed E-state index contributed by atoms with van der Waals surface area (Å²) < 4.78 is 30.0. The number of likely N-dealkylation sites (tertiary alicyclic amines) is 1. The number of amides is 1. The molecule has 0 unspecified atom stereocenters. The van der Waals surface area contributed by atoms with E-state index < -0.39 is 12.0 Å². The number of esters is 1. The van der Waals surface area contributed by atoms with Crippen molar-refractivity contribution in [1.82, 2.24) is 4.90 Å². The SMILES string of the molecule is C[C@H](CF)C1CCC(C(=O)N2CC[C@@H](C3CCCCC3)[C@H]2C(=O)Cc2ccc3oc(C(=O)OC[C@@H]4CCCO4)cc3c2)CC1. The van der Waals surface area contributed by atoms with Gasteiger partial charge in [-0.1, -0.05) is 45.1 Å². The van der Waals surface area contributed by atoms with E-state index >= 15 is 0 Å². The van der Waals surface area contributed by atoms with Crippen molar-refractivity contribution in [3.8, 4) is 0 Å². The van der Waals surface area contributed by atoms with Crippen LogP contribution in [0.3, 0.4) is 0 Å². The monoisotopic (exact) mass is 609 g/mol. The predicted octanol–water partition coefficient (Wildman–Crippen LogP) is 7.09. The van der Waals surface area contributed by atoms with E-state index in [2.05, 4.69) is 0 Å². The second-order valence-corrected chi connectivity index (χ2v) is 13.9. The number of Topliss-reactive ketones (excluding diaryl/α,β-unsaturated/α-hetero) is 1. The highest BCUT2D eigenvalue weighted by atomic mass is 19.1. The van der Waals surface area contributed by atoms with E-state index in [9.17, 15) is 18.8 Å². The van der Waals surface area contributed by atoms with Crippen molar-refractivity contribution in [2.75, 3.05) is 26.4 Å². The first-order chi connectivity index (χ1) is 21.4. The van der Waals surface area contributed by atoms with Gasteiger partial charge in [-0.15, -0.1) is 0 Å². The molecule has 2 saturated heterocycles. The van der Waals surface area contributed by atoms with Crippen LogP contribution in [-0.2, 0) is 25.5 Å². The number of ether oxygens (including phenoxy) is 2. The summed E-state index contributed by atoms with van der Waals surface area (Å²) in [7, 11) is 0. The maximum atomic E-state index is 14.2. The first-order valence-electron chi connectivity index (χ1n) is 17.1. The Morgan fingerprint density at radius 3 is 2.50 bits per heavy atom. The number of alkyl halides is 1. The zero-order chi connectivity index (χ0) is 30.6. The quantitative estimate of drug-likeness (QED) is 0.268. The van der Waals surface area contributed by atoms with Gasteiger partial charge in [0.1, 0.15) is 12.2 Å². The number of hydrogen-bond donors (Lipinski definition) is 0. The molecule has 1 aromatic heterocycles. The normalized spacial score (nSPS) is 28.8. The molecule has 4 atom stereocenters. The Morgan fingerprint density at radius 2 is 1.77 bits per heavy atom. The van der Waals surface area contributed by atoms with Crippen LogP contribution < -0.4 is 0 Å². The van der Waals surface area contributed by atoms with Gasteiger partial charge in [-0.05, 0) is 92.4 Å². The number of carbonyl (C=O) groups excluding carboxylic acids is 3. The number of carbonyl (C=O) groups is 3. The molecule has 0 bridgehead atoms. The highest BCUT2D eigenvalue weighted by molar-refractivity contribution is 5.94. The van der Waals surface area contributed by atoms with E-state index in [0.29, 0.717) is 30.6 Å². The number of fused-ring (bicyclic) bond motifs is 1. The van der Waals surface area contributed by atoms with Gasteiger partial charge in [0, 0.05) is 30.9 Å². The molecule has 2 aliphatic heterocycles. The fourth-order valence-corrected chi connectivity index (χ4v) is 8.45. The summed E-state index contributed by atoms with van der Waals surface area (Å²) in [5.41, 5.74) is 1.42. The van der Waals surface area contributed by atoms with Crippen LogP contribution in [0.25, 0.3) is 11.0 Å². The third-order valence-electron chi connectivity index (χ3n) is 11.1. The summed E-state index contributed by atoms with van der Waals surface area (Å²) in [6, 6.07) is 6.89. The number of ketones is 1. The van der Waals surface area contributed by atoms with Gasteiger partial charge in [0.15, 0.2) is 5.78 Å². The molecular weight excluding hydrogens is 561 g/mol. The molecule has 4 fully saturated rings. The van der Waals surface area contributed by atoms with Crippen LogP contribution in [-0.4, -0.2) is 61.1 Å². The lowest BCUT2D eigenvalue weighted by atomic mass is 9.74. The molecule has 6 rings (SSSR count). The van der Waals surface area contributed by atoms with E-state index in [1.165, 1.54) is 19.3 Å². The second-order valence-electron chi connectivity index (χ2n) is 13.9. The topological polar surface area (TPSA) is 86.1 Å². The van der Waals surface area contributed by atoms with E-state index in [1.54, 1.807) is 6.07 Å². The molecule has 2 saturated carbocycles. The molecule has 2 aliphatic carbocycles. The van der Waals surface area contributed by atoms with Gasteiger partial charge in [-0.25, -0.2) is 4.79 Å². The Balaban J connectivity index is 1.15. The molecule has 3 heterocycles. The summed E-state index contributed by atoms with van der Waals surface area (Å²) in [4.78, 5) is 42.7. The van der Waals surface area contributed by atoms with Gasteiger partial charge >= 0.3 is 5.97 Å². The van der Waals surface area contributed by atoms with Crippen LogP contribution >= 0.6 is 0 Å². The second kappa shape index (κ2) is 14.1. The first kappa shape index (κ1) is 31.3. The summed E-state index contributed by atoms with van der Waals surface area (Å²) in [5, 5.41) is 0.752. The lowest BCUT2D eigenvalue weighted by Gasteiger charge is -2.37. The van der Waals surface area contributed by atoms with E-state index in [4.69, 9.17) is 13.9 Å². The van der Waals surface area contributed by atoms with Gasteiger partial charge in [-0.2, -0.15) is 0 Å². The Labute approximate surface area is 260 Å². The fraction of sp³-hybridized carbons (Fsp3) is 0.694. The van der Waals surface area contributed by atoms with Crippen LogP contribution in [0.15, 0.2) is 28.7 Å². The summed E-state index contributed by atoms with van der Waals surface area (Å²) in [6.45, 7) is 3.23. The molecule has 8 heteroatoms. The summed E-state index contributed by atoms with van der Waals surface area (Å²) in [5.74, 6) is 0.864. The van der Waals surface area contributed by atoms with E-state index in [0.717, 1.165) is 68.7 Å². The Kier molecular flexibility index (Phi) is 10.0. The summed E-state index contributed by atoms with van der Waals surface area (Å²) in [6.07, 6.45) is 12.2. The third kappa shape index (κ3) is 6.90. The van der Waals surface area contributed by atoms with Crippen molar-refractivity contribution in [2.45, 2.75) is 103 Å².